The normalized spacial score (nSPS) is 29.5. The molecule has 1 aliphatic carbocycles. The number of fused-ring (bicyclic) bond motifs is 1. The predicted molar refractivity (Wildman–Crippen MR) is 71.8 cm³/mol. The fraction of sp³-hybridized carbons (Fsp3) is 0.533. The van der Waals surface area contributed by atoms with Crippen molar-refractivity contribution in [3.05, 3.63) is 24.6 Å². The van der Waals surface area contributed by atoms with Gasteiger partial charge in [-0.25, -0.2) is 4.79 Å². The van der Waals surface area contributed by atoms with Gasteiger partial charge in [0, 0.05) is 18.8 Å². The molecule has 0 aromatic heterocycles. The molecule has 21 heavy (non-hydrogen) atoms. The Morgan fingerprint density at radius 2 is 2.10 bits per heavy atom. The summed E-state index contributed by atoms with van der Waals surface area (Å²) in [6.45, 7) is 2.15. The summed E-state index contributed by atoms with van der Waals surface area (Å²) >= 11 is 0. The van der Waals surface area contributed by atoms with Crippen LogP contribution in [0.1, 0.15) is 26.2 Å². The van der Waals surface area contributed by atoms with Crippen LogP contribution in [0.4, 0.5) is 4.79 Å². The molecule has 112 valence electrons. The first-order valence-electron chi connectivity index (χ1n) is 7.10. The molecule has 6 heteroatoms. The molecule has 1 saturated carbocycles. The van der Waals surface area contributed by atoms with Crippen LogP contribution in [0.15, 0.2) is 24.6 Å². The number of carbonyl (C=O) groups is 3. The first-order chi connectivity index (χ1) is 10.1. The number of esters is 1. The number of hydrogen-bond donors (Lipinski definition) is 0. The lowest BCUT2D eigenvalue weighted by atomic mass is 9.63. The maximum Gasteiger partial charge on any atom is 0.417 e. The van der Waals surface area contributed by atoms with Crippen molar-refractivity contribution in [1.29, 1.82) is 0 Å². The molecule has 3 rings (SSSR count). The van der Waals surface area contributed by atoms with E-state index in [9.17, 15) is 14.4 Å². The number of amides is 1. The molecule has 0 radical (unpaired) electrons. The summed E-state index contributed by atoms with van der Waals surface area (Å²) in [5.74, 6) is -0.507. The number of hydrogen-bond acceptors (Lipinski definition) is 5. The second kappa shape index (κ2) is 4.72. The van der Waals surface area contributed by atoms with E-state index in [0.29, 0.717) is 19.3 Å². The van der Waals surface area contributed by atoms with Gasteiger partial charge in [0.1, 0.15) is 12.0 Å². The highest BCUT2D eigenvalue weighted by atomic mass is 16.6. The second-order valence-corrected chi connectivity index (χ2v) is 5.54. The first-order valence-corrected chi connectivity index (χ1v) is 7.10. The molecule has 2 aliphatic heterocycles. The predicted octanol–water partition coefficient (Wildman–Crippen LogP) is 1.77. The number of ether oxygens (including phenoxy) is 2. The standard InChI is InChI=1S/C15H17NO5/c1-2-20-13(19)16-8-6-14(7-9-16)10-21-12(18)15(14)5-3-4-11(15)17/h6-9H,2-5,10H2,1H3. The number of carbonyl (C=O) groups excluding carboxylic acids is 3. The van der Waals surface area contributed by atoms with E-state index in [2.05, 4.69) is 0 Å². The Morgan fingerprint density at radius 3 is 2.67 bits per heavy atom. The van der Waals surface area contributed by atoms with E-state index in [1.807, 2.05) is 0 Å². The molecule has 1 saturated heterocycles. The van der Waals surface area contributed by atoms with Gasteiger partial charge in [0.15, 0.2) is 5.78 Å². The molecular weight excluding hydrogens is 274 g/mol. The van der Waals surface area contributed by atoms with E-state index in [0.717, 1.165) is 0 Å². The highest BCUT2D eigenvalue weighted by Crippen LogP contribution is 2.56. The van der Waals surface area contributed by atoms with Gasteiger partial charge in [-0.2, -0.15) is 0 Å². The van der Waals surface area contributed by atoms with Gasteiger partial charge in [0.25, 0.3) is 0 Å². The van der Waals surface area contributed by atoms with Gasteiger partial charge < -0.3 is 9.47 Å². The molecule has 0 aromatic carbocycles. The van der Waals surface area contributed by atoms with E-state index < -0.39 is 22.9 Å². The molecule has 0 aromatic rings. The third kappa shape index (κ3) is 1.74. The number of ketones is 1. The summed E-state index contributed by atoms with van der Waals surface area (Å²) in [6.07, 6.45) is 7.64. The summed E-state index contributed by atoms with van der Waals surface area (Å²) in [5.41, 5.74) is -1.89. The van der Waals surface area contributed by atoms with Crippen molar-refractivity contribution in [1.82, 2.24) is 4.90 Å². The quantitative estimate of drug-likeness (QED) is 0.544. The van der Waals surface area contributed by atoms with Gasteiger partial charge in [0.2, 0.25) is 0 Å². The smallest absolute Gasteiger partial charge is 0.417 e. The molecule has 0 bridgehead atoms. The third-order valence-electron chi connectivity index (χ3n) is 4.56. The minimum atomic E-state index is -1.11. The van der Waals surface area contributed by atoms with E-state index in [4.69, 9.17) is 9.47 Å². The largest absolute Gasteiger partial charge is 0.464 e. The minimum absolute atomic E-state index is 0.0658. The molecule has 1 amide bonds. The monoisotopic (exact) mass is 291 g/mol. The Bertz CT molecular complexity index is 540. The summed E-state index contributed by atoms with van der Waals surface area (Å²) in [6, 6.07) is 0. The lowest BCUT2D eigenvalue weighted by Crippen LogP contribution is -2.45. The van der Waals surface area contributed by atoms with E-state index >= 15 is 0 Å². The van der Waals surface area contributed by atoms with Crippen molar-refractivity contribution in [2.45, 2.75) is 26.2 Å². The summed E-state index contributed by atoms with van der Waals surface area (Å²) in [4.78, 5) is 37.5. The van der Waals surface area contributed by atoms with Gasteiger partial charge in [-0.3, -0.25) is 14.5 Å². The van der Waals surface area contributed by atoms with Crippen molar-refractivity contribution < 1.29 is 23.9 Å². The van der Waals surface area contributed by atoms with Gasteiger partial charge in [-0.1, -0.05) is 12.2 Å². The van der Waals surface area contributed by atoms with Crippen molar-refractivity contribution in [3.8, 4) is 0 Å². The fourth-order valence-corrected chi connectivity index (χ4v) is 3.43. The maximum absolute atomic E-state index is 12.3. The highest BCUT2D eigenvalue weighted by molar-refractivity contribution is 6.08. The molecule has 2 spiro atoms. The molecule has 6 nitrogen and oxygen atoms in total. The zero-order valence-electron chi connectivity index (χ0n) is 11.8. The average Bonchev–Trinajstić information content (AvgIpc) is 2.99. The van der Waals surface area contributed by atoms with Crippen molar-refractivity contribution >= 4 is 17.8 Å². The Morgan fingerprint density at radius 1 is 1.38 bits per heavy atom. The van der Waals surface area contributed by atoms with Gasteiger partial charge in [-0.15, -0.1) is 0 Å². The van der Waals surface area contributed by atoms with Crippen molar-refractivity contribution in [3.63, 3.8) is 0 Å². The number of Topliss-reactive ketones (excluding diaryl/α,β-unsaturated/α-hetero) is 1. The topological polar surface area (TPSA) is 72.9 Å². The Labute approximate surface area is 122 Å². The van der Waals surface area contributed by atoms with E-state index in [1.54, 1.807) is 31.5 Å². The Hall–Kier alpha value is -2.11. The molecule has 2 heterocycles. The van der Waals surface area contributed by atoms with Gasteiger partial charge in [0.05, 0.1) is 12.0 Å². The summed E-state index contributed by atoms with van der Waals surface area (Å²) in [7, 11) is 0. The van der Waals surface area contributed by atoms with Crippen LogP contribution in [0.3, 0.4) is 0 Å². The van der Waals surface area contributed by atoms with Crippen molar-refractivity contribution in [2.24, 2.45) is 10.8 Å². The van der Waals surface area contributed by atoms with Crippen LogP contribution in [0.25, 0.3) is 0 Å². The van der Waals surface area contributed by atoms with E-state index in [1.165, 1.54) is 4.90 Å². The lowest BCUT2D eigenvalue weighted by Gasteiger charge is -2.35. The summed E-state index contributed by atoms with van der Waals surface area (Å²) in [5, 5.41) is 0. The number of rotatable bonds is 1. The van der Waals surface area contributed by atoms with Crippen LogP contribution >= 0.6 is 0 Å². The molecule has 1 unspecified atom stereocenters. The number of cyclic esters (lactones) is 1. The van der Waals surface area contributed by atoms with Crippen LogP contribution in [-0.2, 0) is 19.1 Å². The molecule has 2 fully saturated rings. The summed E-state index contributed by atoms with van der Waals surface area (Å²) < 4.78 is 10.1. The van der Waals surface area contributed by atoms with Crippen molar-refractivity contribution in [2.75, 3.05) is 13.2 Å². The molecule has 0 N–H and O–H groups in total. The lowest BCUT2D eigenvalue weighted by molar-refractivity contribution is -0.150. The zero-order valence-corrected chi connectivity index (χ0v) is 11.8. The van der Waals surface area contributed by atoms with Crippen LogP contribution in [0.2, 0.25) is 0 Å². The van der Waals surface area contributed by atoms with Crippen LogP contribution in [0.5, 0.6) is 0 Å². The SMILES string of the molecule is CCOC(=O)N1C=CC2(C=C1)COC(=O)C21CCCC1=O. The minimum Gasteiger partial charge on any atom is -0.464 e. The van der Waals surface area contributed by atoms with Gasteiger partial charge >= 0.3 is 12.1 Å². The third-order valence-corrected chi connectivity index (χ3v) is 4.56. The molecular formula is C15H17NO5. The zero-order chi connectivity index (χ0) is 15.1. The van der Waals surface area contributed by atoms with Crippen LogP contribution < -0.4 is 0 Å². The highest BCUT2D eigenvalue weighted by Gasteiger charge is 2.66. The maximum atomic E-state index is 12.3. The first kappa shape index (κ1) is 13.9. The number of nitrogens with zero attached hydrogens (tertiary/aromatic N) is 1. The average molecular weight is 291 g/mol. The van der Waals surface area contributed by atoms with E-state index in [-0.39, 0.29) is 19.0 Å². The Balaban J connectivity index is 1.92. The van der Waals surface area contributed by atoms with Crippen LogP contribution in [0, 0.1) is 10.8 Å². The fourth-order valence-electron chi connectivity index (χ4n) is 3.43. The Kier molecular flexibility index (Phi) is 3.11. The van der Waals surface area contributed by atoms with Crippen LogP contribution in [-0.4, -0.2) is 36.0 Å². The molecule has 1 atom stereocenters. The molecule has 3 aliphatic rings. The van der Waals surface area contributed by atoms with Gasteiger partial charge in [-0.05, 0) is 19.8 Å². The second-order valence-electron chi connectivity index (χ2n) is 5.54.